The number of ketones is 1. The Balaban J connectivity index is 1.83. The van der Waals surface area contributed by atoms with Crippen LogP contribution in [0.3, 0.4) is 0 Å². The maximum Gasteiger partial charge on any atom is 0.298 e. The lowest BCUT2D eigenvalue weighted by Gasteiger charge is -2.20. The number of carbonyl (C=O) groups excluding carboxylic acids is 2. The van der Waals surface area contributed by atoms with Crippen molar-refractivity contribution >= 4 is 22.9 Å². The Morgan fingerprint density at radius 1 is 1.06 bits per heavy atom. The Kier molecular flexibility index (Phi) is 6.29. The summed E-state index contributed by atoms with van der Waals surface area (Å²) in [4.78, 5) is 31.1. The number of fused-ring (bicyclic) bond motifs is 1. The second kappa shape index (κ2) is 9.32. The highest BCUT2D eigenvalue weighted by atomic mass is 16.2. The molecule has 1 amide bonds. The van der Waals surface area contributed by atoms with Crippen molar-refractivity contribution < 1.29 is 9.59 Å². The van der Waals surface area contributed by atoms with Crippen molar-refractivity contribution in [2.24, 2.45) is 0 Å². The number of amides is 1. The van der Waals surface area contributed by atoms with E-state index < -0.39 is 11.7 Å². The third-order valence-corrected chi connectivity index (χ3v) is 6.41. The Morgan fingerprint density at radius 3 is 2.47 bits per heavy atom. The van der Waals surface area contributed by atoms with Crippen molar-refractivity contribution in [3.63, 3.8) is 0 Å². The number of nitrogens with one attached hydrogen (secondary N) is 1. The van der Waals surface area contributed by atoms with Crippen LogP contribution in [0.25, 0.3) is 16.6 Å². The zero-order chi connectivity index (χ0) is 24.4. The Bertz CT molecular complexity index is 1460. The molecule has 0 aliphatic carbocycles. The summed E-state index contributed by atoms with van der Waals surface area (Å²) in [6.07, 6.45) is 6.43. The second-order valence-electron chi connectivity index (χ2n) is 8.20. The Labute approximate surface area is 198 Å². The van der Waals surface area contributed by atoms with Crippen LogP contribution >= 0.6 is 0 Å². The molecule has 0 bridgehead atoms. The smallest absolute Gasteiger partial charge is 0.298 e. The lowest BCUT2D eigenvalue weighted by molar-refractivity contribution is -0.112. The maximum atomic E-state index is 13.6. The number of carbonyl (C=O) groups is 2. The average Bonchev–Trinajstić information content (AvgIpc) is 3.26. The number of nitriles is 1. The molecule has 4 aromatic rings. The quantitative estimate of drug-likeness (QED) is 0.313. The molecule has 1 aromatic carbocycles. The van der Waals surface area contributed by atoms with E-state index in [2.05, 4.69) is 16.4 Å². The lowest BCUT2D eigenvalue weighted by atomic mass is 9.88. The van der Waals surface area contributed by atoms with Crippen LogP contribution in [0.15, 0.2) is 55.0 Å². The number of hydrogen-bond donors (Lipinski definition) is 1. The van der Waals surface area contributed by atoms with Crippen LogP contribution in [-0.2, 0) is 17.6 Å². The van der Waals surface area contributed by atoms with Gasteiger partial charge in [0.05, 0.1) is 11.6 Å². The van der Waals surface area contributed by atoms with Crippen LogP contribution in [0, 0.1) is 25.2 Å². The molecule has 0 radical (unpaired) electrons. The molecule has 0 aliphatic rings. The summed E-state index contributed by atoms with van der Waals surface area (Å²) in [6.45, 7) is 7.74. The molecule has 0 saturated carbocycles. The van der Waals surface area contributed by atoms with Crippen LogP contribution in [0.1, 0.15) is 52.2 Å². The van der Waals surface area contributed by atoms with E-state index in [0.717, 1.165) is 33.3 Å². The molecule has 0 unspecified atom stereocenters. The van der Waals surface area contributed by atoms with E-state index in [1.165, 1.54) is 0 Å². The number of aromatic nitrogens is 2. The predicted octanol–water partition coefficient (Wildman–Crippen LogP) is 5.44. The molecule has 6 heteroatoms. The molecule has 0 spiro atoms. The molecule has 6 nitrogen and oxygen atoms in total. The summed E-state index contributed by atoms with van der Waals surface area (Å²) in [5.74, 6) is -1.34. The number of hydrogen-bond acceptors (Lipinski definition) is 4. The molecule has 4 rings (SSSR count). The summed E-state index contributed by atoms with van der Waals surface area (Å²) >= 11 is 0. The fraction of sp³-hybridized carbons (Fsp3) is 0.214. The van der Waals surface area contributed by atoms with Gasteiger partial charge in [-0.1, -0.05) is 26.0 Å². The van der Waals surface area contributed by atoms with E-state index >= 15 is 0 Å². The molecule has 1 N–H and O–H groups in total. The van der Waals surface area contributed by atoms with Gasteiger partial charge in [-0.15, -0.1) is 0 Å². The van der Waals surface area contributed by atoms with Gasteiger partial charge in [-0.05, 0) is 73.2 Å². The van der Waals surface area contributed by atoms with Gasteiger partial charge in [-0.2, -0.15) is 5.26 Å². The molecule has 170 valence electrons. The molecule has 3 aromatic heterocycles. The van der Waals surface area contributed by atoms with Gasteiger partial charge >= 0.3 is 0 Å². The molecular weight excluding hydrogens is 424 g/mol. The number of Topliss-reactive ketones (excluding diaryl/α,β-unsaturated/α-hetero) is 1. The minimum atomic E-state index is -0.710. The van der Waals surface area contributed by atoms with Gasteiger partial charge in [0.1, 0.15) is 5.69 Å². The van der Waals surface area contributed by atoms with E-state index in [1.54, 1.807) is 29.1 Å². The molecule has 3 heterocycles. The molecular formula is C28H26N4O2. The first kappa shape index (κ1) is 22.9. The largest absolute Gasteiger partial charge is 0.319 e. The fourth-order valence-corrected chi connectivity index (χ4v) is 4.61. The summed E-state index contributed by atoms with van der Waals surface area (Å²) in [5.41, 5.74) is 7.23. The van der Waals surface area contributed by atoms with Gasteiger partial charge in [-0.3, -0.25) is 14.6 Å². The third-order valence-electron chi connectivity index (χ3n) is 6.41. The zero-order valence-electron chi connectivity index (χ0n) is 19.8. The van der Waals surface area contributed by atoms with Gasteiger partial charge in [0, 0.05) is 40.9 Å². The SMILES string of the molecule is CCc1c(C#N)c(C)c(C)c(NC(=O)C(=O)c2c(-c3cccnc3)cc3ccccn23)c1CC. The van der Waals surface area contributed by atoms with Gasteiger partial charge in [-0.25, -0.2) is 0 Å². The highest BCUT2D eigenvalue weighted by Gasteiger charge is 2.27. The highest BCUT2D eigenvalue weighted by molar-refractivity contribution is 6.47. The summed E-state index contributed by atoms with van der Waals surface area (Å²) in [6, 6.07) is 13.5. The Morgan fingerprint density at radius 2 is 1.82 bits per heavy atom. The highest BCUT2D eigenvalue weighted by Crippen LogP contribution is 2.33. The van der Waals surface area contributed by atoms with E-state index in [9.17, 15) is 14.9 Å². The molecule has 0 atom stereocenters. The normalized spacial score (nSPS) is 10.8. The van der Waals surface area contributed by atoms with Crippen LogP contribution in [0.5, 0.6) is 0 Å². The molecule has 0 aliphatic heterocycles. The van der Waals surface area contributed by atoms with Crippen molar-refractivity contribution in [1.82, 2.24) is 9.38 Å². The van der Waals surface area contributed by atoms with E-state index in [4.69, 9.17) is 0 Å². The summed E-state index contributed by atoms with van der Waals surface area (Å²) in [7, 11) is 0. The van der Waals surface area contributed by atoms with Gasteiger partial charge in [0.25, 0.3) is 11.7 Å². The van der Waals surface area contributed by atoms with Crippen molar-refractivity contribution in [3.8, 4) is 17.2 Å². The monoisotopic (exact) mass is 450 g/mol. The van der Waals surface area contributed by atoms with Gasteiger partial charge in [0.15, 0.2) is 0 Å². The molecule has 34 heavy (non-hydrogen) atoms. The predicted molar refractivity (Wildman–Crippen MR) is 133 cm³/mol. The number of benzene rings is 1. The second-order valence-corrected chi connectivity index (χ2v) is 8.20. The Hall–Kier alpha value is -4.24. The number of rotatable bonds is 6. The van der Waals surface area contributed by atoms with Crippen molar-refractivity contribution in [2.45, 2.75) is 40.5 Å². The van der Waals surface area contributed by atoms with Crippen LogP contribution in [0.2, 0.25) is 0 Å². The lowest BCUT2D eigenvalue weighted by Crippen LogP contribution is -2.26. The van der Waals surface area contributed by atoms with Crippen molar-refractivity contribution in [1.29, 1.82) is 5.26 Å². The van der Waals surface area contributed by atoms with E-state index in [0.29, 0.717) is 29.7 Å². The number of anilines is 1. The third kappa shape index (κ3) is 3.75. The number of nitrogens with zero attached hydrogens (tertiary/aromatic N) is 3. The minimum Gasteiger partial charge on any atom is -0.319 e. The number of pyridine rings is 2. The molecule has 0 fully saturated rings. The average molecular weight is 451 g/mol. The van der Waals surface area contributed by atoms with Crippen LogP contribution < -0.4 is 5.32 Å². The zero-order valence-corrected chi connectivity index (χ0v) is 19.8. The fourth-order valence-electron chi connectivity index (χ4n) is 4.61. The summed E-state index contributed by atoms with van der Waals surface area (Å²) < 4.78 is 1.74. The van der Waals surface area contributed by atoms with Crippen LogP contribution in [-0.4, -0.2) is 21.1 Å². The minimum absolute atomic E-state index is 0.290. The molecule has 0 saturated heterocycles. The topological polar surface area (TPSA) is 87.3 Å². The van der Waals surface area contributed by atoms with Crippen LogP contribution in [0.4, 0.5) is 5.69 Å². The van der Waals surface area contributed by atoms with E-state index in [1.807, 2.05) is 58.0 Å². The standard InChI is InChI=1S/C28H26N4O2/c1-5-21-22(6-2)25(18(4)17(3)24(21)15-29)31-28(34)27(33)26-23(19-10-9-12-30-16-19)14-20-11-7-8-13-32(20)26/h7-14,16H,5-6H2,1-4H3,(H,31,34). The maximum absolute atomic E-state index is 13.6. The first-order valence-corrected chi connectivity index (χ1v) is 11.3. The first-order chi connectivity index (χ1) is 16.4. The van der Waals surface area contributed by atoms with Gasteiger partial charge in [0.2, 0.25) is 0 Å². The first-order valence-electron chi connectivity index (χ1n) is 11.3. The van der Waals surface area contributed by atoms with Crippen molar-refractivity contribution in [3.05, 3.63) is 88.5 Å². The van der Waals surface area contributed by atoms with Crippen molar-refractivity contribution in [2.75, 3.05) is 5.32 Å². The van der Waals surface area contributed by atoms with E-state index in [-0.39, 0.29) is 5.69 Å². The summed E-state index contributed by atoms with van der Waals surface area (Å²) in [5, 5.41) is 12.6. The van der Waals surface area contributed by atoms with Gasteiger partial charge < -0.3 is 9.72 Å².